The van der Waals surface area contributed by atoms with Crippen LogP contribution in [-0.2, 0) is 27.3 Å². The predicted molar refractivity (Wildman–Crippen MR) is 139 cm³/mol. The van der Waals surface area contributed by atoms with Crippen molar-refractivity contribution in [1.29, 1.82) is 0 Å². The number of hydrogen-bond acceptors (Lipinski definition) is 5. The molecule has 2 aromatic heterocycles. The molecule has 7 heteroatoms. The molecule has 0 aliphatic carbocycles. The lowest BCUT2D eigenvalue weighted by Gasteiger charge is -2.25. The second-order valence-corrected chi connectivity index (χ2v) is 9.91. The summed E-state index contributed by atoms with van der Waals surface area (Å²) in [6.07, 6.45) is 5.01. The van der Waals surface area contributed by atoms with Gasteiger partial charge in [-0.1, -0.05) is 60.2 Å². The number of rotatable bonds is 10. The van der Waals surface area contributed by atoms with Crippen LogP contribution in [0, 0.1) is 6.92 Å². The van der Waals surface area contributed by atoms with E-state index in [2.05, 4.69) is 47.2 Å². The number of amides is 1. The average Bonchev–Trinajstić information content (AvgIpc) is 3.61. The normalized spacial score (nSPS) is 15.6. The van der Waals surface area contributed by atoms with Crippen LogP contribution in [-0.4, -0.2) is 52.6 Å². The molecule has 1 fully saturated rings. The van der Waals surface area contributed by atoms with Crippen LogP contribution in [0.15, 0.2) is 66.2 Å². The lowest BCUT2D eigenvalue weighted by Crippen LogP contribution is -2.40. The van der Waals surface area contributed by atoms with Crippen molar-refractivity contribution in [3.8, 4) is 11.3 Å². The fraction of sp³-hybridized carbons (Fsp3) is 0.357. The van der Waals surface area contributed by atoms with Crippen LogP contribution in [0.1, 0.15) is 29.7 Å². The van der Waals surface area contributed by atoms with E-state index in [4.69, 9.17) is 14.5 Å². The third-order valence-corrected chi connectivity index (χ3v) is 7.30. The fourth-order valence-corrected chi connectivity index (χ4v) is 5.30. The molecule has 1 aliphatic heterocycles. The zero-order chi connectivity index (χ0) is 24.0. The Labute approximate surface area is 210 Å². The molecular formula is C28H31N3O3S. The van der Waals surface area contributed by atoms with E-state index in [-0.39, 0.29) is 18.6 Å². The van der Waals surface area contributed by atoms with Gasteiger partial charge in [-0.2, -0.15) is 0 Å². The third kappa shape index (κ3) is 5.99. The van der Waals surface area contributed by atoms with Crippen molar-refractivity contribution in [3.05, 3.63) is 83.0 Å². The van der Waals surface area contributed by atoms with Crippen LogP contribution in [0.4, 0.5) is 0 Å². The number of fused-ring (bicyclic) bond motifs is 1. The summed E-state index contributed by atoms with van der Waals surface area (Å²) < 4.78 is 13.7. The molecule has 0 spiro atoms. The molecular weight excluding hydrogens is 458 g/mol. The summed E-state index contributed by atoms with van der Waals surface area (Å²) in [5, 5.41) is 2.14. The molecule has 1 unspecified atom stereocenters. The molecule has 0 N–H and O–H groups in total. The molecule has 35 heavy (non-hydrogen) atoms. The first-order valence-corrected chi connectivity index (χ1v) is 13.1. The number of carbonyl (C=O) groups excluding carboxylic acids is 1. The quantitative estimate of drug-likeness (QED) is 0.310. The first-order valence-electron chi connectivity index (χ1n) is 12.2. The third-order valence-electron chi connectivity index (χ3n) is 6.41. The minimum Gasteiger partial charge on any atom is -0.376 e. The van der Waals surface area contributed by atoms with E-state index in [0.717, 1.165) is 53.3 Å². The summed E-state index contributed by atoms with van der Waals surface area (Å²) in [5.41, 5.74) is 5.55. The van der Waals surface area contributed by atoms with Gasteiger partial charge in [-0.05, 0) is 25.3 Å². The largest absolute Gasteiger partial charge is 0.376 e. The molecule has 1 saturated heterocycles. The monoisotopic (exact) mass is 489 g/mol. The van der Waals surface area contributed by atoms with Gasteiger partial charge in [0.1, 0.15) is 6.61 Å². The Morgan fingerprint density at radius 1 is 1.20 bits per heavy atom. The number of nitrogens with zero attached hydrogens (tertiary/aromatic N) is 3. The number of aromatic nitrogens is 2. The van der Waals surface area contributed by atoms with E-state index < -0.39 is 0 Å². The van der Waals surface area contributed by atoms with E-state index in [0.29, 0.717) is 19.7 Å². The van der Waals surface area contributed by atoms with Gasteiger partial charge in [0.15, 0.2) is 4.96 Å². The molecule has 1 atom stereocenters. The topological polar surface area (TPSA) is 56.1 Å². The van der Waals surface area contributed by atoms with Crippen LogP contribution >= 0.6 is 11.3 Å². The van der Waals surface area contributed by atoms with E-state index in [1.165, 1.54) is 5.56 Å². The second kappa shape index (κ2) is 11.2. The number of thiazole rings is 1. The molecule has 5 rings (SSSR count). The first-order chi connectivity index (χ1) is 17.2. The summed E-state index contributed by atoms with van der Waals surface area (Å²) in [5.74, 6) is 0.00822. The molecule has 4 aromatic rings. The molecule has 6 nitrogen and oxygen atoms in total. The van der Waals surface area contributed by atoms with Gasteiger partial charge in [-0.15, -0.1) is 11.3 Å². The molecule has 0 saturated carbocycles. The highest BCUT2D eigenvalue weighted by molar-refractivity contribution is 7.15. The van der Waals surface area contributed by atoms with Crippen LogP contribution in [0.5, 0.6) is 0 Å². The second-order valence-electron chi connectivity index (χ2n) is 9.07. The fourth-order valence-electron chi connectivity index (χ4n) is 4.40. The number of ether oxygens (including phenoxy) is 2. The number of carbonyl (C=O) groups is 1. The van der Waals surface area contributed by atoms with Gasteiger partial charge >= 0.3 is 0 Å². The van der Waals surface area contributed by atoms with Gasteiger partial charge < -0.3 is 14.4 Å². The van der Waals surface area contributed by atoms with Gasteiger partial charge in [0.05, 0.1) is 18.4 Å². The van der Waals surface area contributed by atoms with Crippen LogP contribution in [0.25, 0.3) is 16.2 Å². The first kappa shape index (κ1) is 23.7. The lowest BCUT2D eigenvalue weighted by molar-refractivity contribution is -0.138. The Morgan fingerprint density at radius 2 is 2.03 bits per heavy atom. The number of imidazole rings is 1. The summed E-state index contributed by atoms with van der Waals surface area (Å²) in [6.45, 7) is 4.60. The average molecular weight is 490 g/mol. The smallest absolute Gasteiger partial charge is 0.248 e. The Morgan fingerprint density at radius 3 is 2.80 bits per heavy atom. The van der Waals surface area contributed by atoms with E-state index in [1.807, 2.05) is 35.2 Å². The molecule has 1 amide bonds. The molecule has 0 bridgehead atoms. The summed E-state index contributed by atoms with van der Waals surface area (Å²) in [6, 6.07) is 18.4. The maximum Gasteiger partial charge on any atom is 0.248 e. The lowest BCUT2D eigenvalue weighted by atomic mass is 10.1. The Hall–Kier alpha value is -3.00. The van der Waals surface area contributed by atoms with Gasteiger partial charge in [0.2, 0.25) is 5.91 Å². The molecule has 1 aliphatic rings. The highest BCUT2D eigenvalue weighted by Gasteiger charge is 2.23. The van der Waals surface area contributed by atoms with Crippen LogP contribution in [0.3, 0.4) is 0 Å². The summed E-state index contributed by atoms with van der Waals surface area (Å²) in [4.78, 5) is 20.8. The Bertz CT molecular complexity index is 1240. The van der Waals surface area contributed by atoms with E-state index >= 15 is 0 Å². The maximum atomic E-state index is 13.1. The Kier molecular flexibility index (Phi) is 7.57. The molecule has 3 heterocycles. The van der Waals surface area contributed by atoms with Gasteiger partial charge in [0, 0.05) is 49.0 Å². The highest BCUT2D eigenvalue weighted by atomic mass is 32.1. The van der Waals surface area contributed by atoms with Crippen LogP contribution in [0.2, 0.25) is 0 Å². The SMILES string of the molecule is Cc1ccc(-c2cn3c(CCN(CC4CCCO4)C(=O)COCc4ccccc4)csc3n2)cc1. The van der Waals surface area contributed by atoms with E-state index in [9.17, 15) is 4.79 Å². The zero-order valence-electron chi connectivity index (χ0n) is 20.1. The number of aryl methyl sites for hydroxylation is 1. The number of hydrogen-bond donors (Lipinski definition) is 0. The van der Waals surface area contributed by atoms with Crippen molar-refractivity contribution in [2.24, 2.45) is 0 Å². The van der Waals surface area contributed by atoms with Crippen molar-refractivity contribution < 1.29 is 14.3 Å². The molecule has 2 aromatic carbocycles. The highest BCUT2D eigenvalue weighted by Crippen LogP contribution is 2.24. The van der Waals surface area contributed by atoms with Crippen molar-refractivity contribution >= 4 is 22.2 Å². The van der Waals surface area contributed by atoms with Gasteiger partial charge in [0.25, 0.3) is 0 Å². The van der Waals surface area contributed by atoms with Crippen molar-refractivity contribution in [2.75, 3.05) is 26.3 Å². The Balaban J connectivity index is 1.24. The molecule has 0 radical (unpaired) electrons. The minimum absolute atomic E-state index is 0.00822. The van der Waals surface area contributed by atoms with Crippen LogP contribution < -0.4 is 0 Å². The molecule has 182 valence electrons. The van der Waals surface area contributed by atoms with Crippen molar-refractivity contribution in [2.45, 2.75) is 38.9 Å². The van der Waals surface area contributed by atoms with Crippen molar-refractivity contribution in [3.63, 3.8) is 0 Å². The van der Waals surface area contributed by atoms with Gasteiger partial charge in [-0.25, -0.2) is 4.98 Å². The maximum absolute atomic E-state index is 13.1. The standard InChI is InChI=1S/C28H31N3O3S/c1-21-9-11-23(12-10-21)26-17-31-24(20-35-28(31)29-26)13-14-30(16-25-8-5-15-34-25)27(32)19-33-18-22-6-3-2-4-7-22/h2-4,6-7,9-12,17,20,25H,5,8,13-16,18-19H2,1H3. The van der Waals surface area contributed by atoms with E-state index in [1.54, 1.807) is 11.3 Å². The van der Waals surface area contributed by atoms with Gasteiger partial charge in [-0.3, -0.25) is 9.20 Å². The summed E-state index contributed by atoms with van der Waals surface area (Å²) >= 11 is 1.64. The number of benzene rings is 2. The minimum atomic E-state index is 0.00822. The predicted octanol–water partition coefficient (Wildman–Crippen LogP) is 5.14. The summed E-state index contributed by atoms with van der Waals surface area (Å²) in [7, 11) is 0. The zero-order valence-corrected chi connectivity index (χ0v) is 20.9. The van der Waals surface area contributed by atoms with Crippen molar-refractivity contribution in [1.82, 2.24) is 14.3 Å².